The number of carbonyl (C=O) groups is 1. The van der Waals surface area contributed by atoms with Gasteiger partial charge >= 0.3 is 0 Å². The lowest BCUT2D eigenvalue weighted by atomic mass is 10.0. The molecule has 8 heteroatoms. The number of aromatic nitrogens is 3. The average Bonchev–Trinajstić information content (AvgIpc) is 3.05. The molecule has 0 bridgehead atoms. The molecule has 2 aromatic heterocycles. The van der Waals surface area contributed by atoms with Gasteiger partial charge in [0, 0.05) is 5.70 Å². The number of allylic oxidation sites excluding steroid dienone is 1. The fourth-order valence-electron chi connectivity index (χ4n) is 2.35. The highest BCUT2D eigenvalue weighted by atomic mass is 32.2. The highest BCUT2D eigenvalue weighted by molar-refractivity contribution is 7.99. The molecule has 2 aromatic rings. The maximum Gasteiger partial charge on any atom is 0.249 e. The monoisotopic (exact) mass is 305 g/mol. The summed E-state index contributed by atoms with van der Waals surface area (Å²) in [5, 5.41) is 8.17. The Morgan fingerprint density at radius 2 is 2.43 bits per heavy atom. The lowest BCUT2D eigenvalue weighted by molar-refractivity contribution is -0.115. The molecule has 0 aliphatic carbocycles. The fraction of sp³-hybridized carbons (Fsp3) is 0.308. The third-order valence-corrected chi connectivity index (χ3v) is 3.90. The van der Waals surface area contributed by atoms with Crippen molar-refractivity contribution >= 4 is 23.6 Å². The van der Waals surface area contributed by atoms with E-state index in [-0.39, 0.29) is 0 Å². The van der Waals surface area contributed by atoms with E-state index in [1.54, 1.807) is 30.0 Å². The molecule has 1 atom stereocenters. The summed E-state index contributed by atoms with van der Waals surface area (Å²) in [4.78, 5) is 16.2. The second-order valence-electron chi connectivity index (χ2n) is 4.54. The first-order valence-electron chi connectivity index (χ1n) is 6.52. The summed E-state index contributed by atoms with van der Waals surface area (Å²) in [6, 6.07) is 3.07. The number of nitrogens with two attached hydrogens (primary N) is 1. The standard InChI is InChI=1S/C13H15N5O2S/c1-3-21-13-16-12-15-7(2)9(11(14)19)10(18(12)17-13)8-5-4-6-20-8/h4-6,10H,3H2,1-2H3,(H2,14,19)(H,15,16,17). The van der Waals surface area contributed by atoms with Crippen molar-refractivity contribution in [1.29, 1.82) is 0 Å². The summed E-state index contributed by atoms with van der Waals surface area (Å²) in [5.74, 6) is 1.54. The van der Waals surface area contributed by atoms with E-state index in [1.165, 1.54) is 11.8 Å². The number of primary amides is 1. The van der Waals surface area contributed by atoms with Gasteiger partial charge < -0.3 is 15.5 Å². The minimum absolute atomic E-state index is 0.426. The van der Waals surface area contributed by atoms with Crippen LogP contribution in [0.5, 0.6) is 0 Å². The van der Waals surface area contributed by atoms with Gasteiger partial charge in [0.25, 0.3) is 0 Å². The third-order valence-electron chi connectivity index (χ3n) is 3.18. The number of hydrogen-bond donors (Lipinski definition) is 2. The Labute approximate surface area is 125 Å². The maximum absolute atomic E-state index is 11.8. The highest BCUT2D eigenvalue weighted by Gasteiger charge is 2.34. The molecule has 3 rings (SSSR count). The Hall–Kier alpha value is -2.22. The van der Waals surface area contributed by atoms with Gasteiger partial charge in [0.05, 0.1) is 11.8 Å². The van der Waals surface area contributed by atoms with Crippen LogP contribution in [-0.4, -0.2) is 26.4 Å². The van der Waals surface area contributed by atoms with Gasteiger partial charge in [0.1, 0.15) is 11.8 Å². The summed E-state index contributed by atoms with van der Waals surface area (Å²) in [6.45, 7) is 3.82. The van der Waals surface area contributed by atoms with Crippen LogP contribution in [-0.2, 0) is 4.79 Å². The van der Waals surface area contributed by atoms with Crippen molar-refractivity contribution in [3.05, 3.63) is 35.4 Å². The minimum atomic E-state index is -0.507. The first kappa shape index (κ1) is 13.7. The first-order valence-corrected chi connectivity index (χ1v) is 7.50. The fourth-order valence-corrected chi connectivity index (χ4v) is 2.91. The van der Waals surface area contributed by atoms with Crippen molar-refractivity contribution < 1.29 is 9.21 Å². The lowest BCUT2D eigenvalue weighted by Gasteiger charge is -2.25. The molecule has 3 heterocycles. The van der Waals surface area contributed by atoms with E-state index < -0.39 is 11.9 Å². The smallest absolute Gasteiger partial charge is 0.249 e. The molecule has 21 heavy (non-hydrogen) atoms. The topological polar surface area (TPSA) is 99.0 Å². The predicted octanol–water partition coefficient (Wildman–Crippen LogP) is 1.76. The molecule has 1 amide bonds. The number of hydrogen-bond acceptors (Lipinski definition) is 6. The molecule has 0 saturated heterocycles. The van der Waals surface area contributed by atoms with Crippen LogP contribution in [0.1, 0.15) is 25.6 Å². The van der Waals surface area contributed by atoms with Crippen molar-refractivity contribution in [2.45, 2.75) is 25.0 Å². The van der Waals surface area contributed by atoms with Crippen LogP contribution in [0.3, 0.4) is 0 Å². The molecule has 1 aliphatic rings. The molecule has 1 unspecified atom stereocenters. The molecular formula is C13H15N5O2S. The molecule has 7 nitrogen and oxygen atoms in total. The molecule has 0 fully saturated rings. The van der Waals surface area contributed by atoms with Gasteiger partial charge in [0.15, 0.2) is 0 Å². The van der Waals surface area contributed by atoms with Crippen molar-refractivity contribution in [1.82, 2.24) is 14.8 Å². The third kappa shape index (κ3) is 2.31. The van der Waals surface area contributed by atoms with Crippen LogP contribution in [0, 0.1) is 0 Å². The number of anilines is 1. The van der Waals surface area contributed by atoms with Crippen LogP contribution in [0.15, 0.2) is 39.2 Å². The van der Waals surface area contributed by atoms with Gasteiger partial charge in [-0.15, -0.1) is 5.10 Å². The van der Waals surface area contributed by atoms with Crippen LogP contribution < -0.4 is 11.1 Å². The molecule has 0 radical (unpaired) electrons. The lowest BCUT2D eigenvalue weighted by Crippen LogP contribution is -2.31. The number of furan rings is 1. The van der Waals surface area contributed by atoms with Gasteiger partial charge in [0.2, 0.25) is 17.0 Å². The number of amides is 1. The Kier molecular flexibility index (Phi) is 3.46. The first-order chi connectivity index (χ1) is 10.1. The predicted molar refractivity (Wildman–Crippen MR) is 78.8 cm³/mol. The largest absolute Gasteiger partial charge is 0.467 e. The van der Waals surface area contributed by atoms with Crippen LogP contribution in [0.4, 0.5) is 5.95 Å². The Bertz CT molecular complexity index is 704. The van der Waals surface area contributed by atoms with E-state index in [4.69, 9.17) is 10.2 Å². The van der Waals surface area contributed by atoms with Gasteiger partial charge in [-0.1, -0.05) is 18.7 Å². The van der Waals surface area contributed by atoms with E-state index in [0.717, 1.165) is 5.75 Å². The Balaban J connectivity index is 2.14. The number of thioether (sulfide) groups is 1. The zero-order chi connectivity index (χ0) is 15.0. The SMILES string of the molecule is CCSc1nc2n(n1)C(c1ccco1)C(C(N)=O)=C(C)N2. The molecule has 1 aliphatic heterocycles. The summed E-state index contributed by atoms with van der Waals surface area (Å²) in [5.41, 5.74) is 6.62. The van der Waals surface area contributed by atoms with Crippen molar-refractivity contribution in [2.24, 2.45) is 5.73 Å². The number of nitrogens with one attached hydrogen (secondary N) is 1. The van der Waals surface area contributed by atoms with Crippen LogP contribution in [0.25, 0.3) is 0 Å². The summed E-state index contributed by atoms with van der Waals surface area (Å²) in [6.07, 6.45) is 1.56. The second kappa shape index (κ2) is 5.28. The Morgan fingerprint density at radius 1 is 1.62 bits per heavy atom. The molecule has 3 N–H and O–H groups in total. The van der Waals surface area contributed by atoms with E-state index in [2.05, 4.69) is 15.4 Å². The zero-order valence-electron chi connectivity index (χ0n) is 11.7. The van der Waals surface area contributed by atoms with E-state index in [1.807, 2.05) is 6.92 Å². The quantitative estimate of drug-likeness (QED) is 0.835. The minimum Gasteiger partial charge on any atom is -0.467 e. The van der Waals surface area contributed by atoms with Crippen LogP contribution in [0.2, 0.25) is 0 Å². The van der Waals surface area contributed by atoms with Gasteiger partial charge in [-0.3, -0.25) is 4.79 Å². The molecule has 0 spiro atoms. The number of fused-ring (bicyclic) bond motifs is 1. The number of nitrogens with zero attached hydrogens (tertiary/aromatic N) is 3. The van der Waals surface area contributed by atoms with Gasteiger partial charge in [-0.25, -0.2) is 4.68 Å². The number of rotatable bonds is 4. The summed E-state index contributed by atoms with van der Waals surface area (Å²) >= 11 is 1.53. The summed E-state index contributed by atoms with van der Waals surface area (Å²) < 4.78 is 7.11. The Morgan fingerprint density at radius 3 is 3.05 bits per heavy atom. The van der Waals surface area contributed by atoms with Crippen molar-refractivity contribution in [3.8, 4) is 0 Å². The van der Waals surface area contributed by atoms with Crippen molar-refractivity contribution in [3.63, 3.8) is 0 Å². The van der Waals surface area contributed by atoms with Gasteiger partial charge in [-0.2, -0.15) is 4.98 Å². The van der Waals surface area contributed by atoms with E-state index in [0.29, 0.717) is 28.1 Å². The second-order valence-corrected chi connectivity index (χ2v) is 5.77. The van der Waals surface area contributed by atoms with Crippen LogP contribution >= 0.6 is 11.8 Å². The maximum atomic E-state index is 11.8. The summed E-state index contributed by atoms with van der Waals surface area (Å²) in [7, 11) is 0. The normalized spacial score (nSPS) is 17.5. The van der Waals surface area contributed by atoms with E-state index in [9.17, 15) is 4.79 Å². The highest BCUT2D eigenvalue weighted by Crippen LogP contribution is 2.35. The average molecular weight is 305 g/mol. The van der Waals surface area contributed by atoms with Crippen molar-refractivity contribution in [2.75, 3.05) is 11.1 Å². The number of carbonyl (C=O) groups excluding carboxylic acids is 1. The molecule has 0 saturated carbocycles. The zero-order valence-corrected chi connectivity index (χ0v) is 12.5. The molecule has 0 aromatic carbocycles. The molecular weight excluding hydrogens is 290 g/mol. The molecule has 110 valence electrons. The van der Waals surface area contributed by atoms with E-state index >= 15 is 0 Å². The van der Waals surface area contributed by atoms with Gasteiger partial charge in [-0.05, 0) is 24.8 Å².